The lowest BCUT2D eigenvalue weighted by Crippen LogP contribution is -2.26. The van der Waals surface area contributed by atoms with Crippen molar-refractivity contribution in [1.29, 1.82) is 0 Å². The van der Waals surface area contributed by atoms with Gasteiger partial charge in [-0.05, 0) is 24.1 Å². The molecule has 0 spiro atoms. The van der Waals surface area contributed by atoms with E-state index in [2.05, 4.69) is 0 Å². The SMILES string of the molecule is CN(Cc1ccc(F)cc1S(C)=O)C(=O)c1cn(CCCC(=O)O)c(O)c1O. The lowest BCUT2D eigenvalue weighted by Gasteiger charge is -2.18. The Labute approximate surface area is 163 Å². The van der Waals surface area contributed by atoms with Crippen LogP contribution in [0.2, 0.25) is 0 Å². The molecule has 1 atom stereocenters. The molecular formula is C18H21FN2O6S. The topological polar surface area (TPSA) is 120 Å². The predicted molar refractivity (Wildman–Crippen MR) is 99.2 cm³/mol. The first-order valence-electron chi connectivity index (χ1n) is 8.32. The number of hydrogen-bond acceptors (Lipinski definition) is 5. The Kier molecular flexibility index (Phi) is 6.79. The number of amides is 1. The molecule has 0 aliphatic heterocycles. The Morgan fingerprint density at radius 3 is 2.57 bits per heavy atom. The summed E-state index contributed by atoms with van der Waals surface area (Å²) in [7, 11) is -0.00533. The first-order valence-corrected chi connectivity index (χ1v) is 9.87. The van der Waals surface area contributed by atoms with Gasteiger partial charge in [-0.25, -0.2) is 4.39 Å². The number of carbonyl (C=O) groups is 2. The molecule has 10 heteroatoms. The van der Waals surface area contributed by atoms with E-state index in [1.165, 1.54) is 41.1 Å². The van der Waals surface area contributed by atoms with Crippen LogP contribution in [0.15, 0.2) is 29.3 Å². The molecule has 1 aromatic carbocycles. The first kappa shape index (κ1) is 21.4. The van der Waals surface area contributed by atoms with Crippen molar-refractivity contribution in [3.8, 4) is 11.6 Å². The van der Waals surface area contributed by atoms with E-state index in [1.807, 2.05) is 0 Å². The van der Waals surface area contributed by atoms with E-state index < -0.39 is 40.1 Å². The molecule has 1 aromatic heterocycles. The summed E-state index contributed by atoms with van der Waals surface area (Å²) < 4.78 is 26.4. The quantitative estimate of drug-likeness (QED) is 0.609. The van der Waals surface area contributed by atoms with Crippen LogP contribution in [0.25, 0.3) is 0 Å². The zero-order chi connectivity index (χ0) is 21.0. The van der Waals surface area contributed by atoms with Crippen molar-refractivity contribution in [3.63, 3.8) is 0 Å². The fourth-order valence-corrected chi connectivity index (χ4v) is 3.50. The van der Waals surface area contributed by atoms with Crippen LogP contribution < -0.4 is 0 Å². The number of aromatic hydroxyl groups is 2. The molecule has 2 aromatic rings. The van der Waals surface area contributed by atoms with Crippen LogP contribution in [0.5, 0.6) is 11.6 Å². The smallest absolute Gasteiger partial charge is 0.303 e. The third kappa shape index (κ3) is 4.89. The lowest BCUT2D eigenvalue weighted by atomic mass is 10.2. The number of benzene rings is 1. The second-order valence-corrected chi connectivity index (χ2v) is 7.62. The largest absolute Gasteiger partial charge is 0.503 e. The van der Waals surface area contributed by atoms with Gasteiger partial charge in [-0.2, -0.15) is 0 Å². The highest BCUT2D eigenvalue weighted by Crippen LogP contribution is 2.32. The average Bonchev–Trinajstić information content (AvgIpc) is 2.90. The number of nitrogens with zero attached hydrogens (tertiary/aromatic N) is 2. The first-order chi connectivity index (χ1) is 13.1. The van der Waals surface area contributed by atoms with Crippen LogP contribution in [0.4, 0.5) is 4.39 Å². The number of carbonyl (C=O) groups excluding carboxylic acids is 1. The minimum atomic E-state index is -1.46. The van der Waals surface area contributed by atoms with Gasteiger partial charge in [-0.3, -0.25) is 13.8 Å². The molecule has 1 unspecified atom stereocenters. The molecule has 0 bridgehead atoms. The summed E-state index contributed by atoms with van der Waals surface area (Å²) in [6, 6.07) is 3.78. The van der Waals surface area contributed by atoms with Crippen molar-refractivity contribution < 1.29 is 33.5 Å². The third-order valence-corrected chi connectivity index (χ3v) is 5.14. The second kappa shape index (κ2) is 8.87. The molecular weight excluding hydrogens is 391 g/mol. The number of aliphatic carboxylic acids is 1. The predicted octanol–water partition coefficient (Wildman–Crippen LogP) is 1.91. The Balaban J connectivity index is 2.20. The van der Waals surface area contributed by atoms with E-state index in [0.717, 1.165) is 6.07 Å². The van der Waals surface area contributed by atoms with E-state index in [1.54, 1.807) is 0 Å². The van der Waals surface area contributed by atoms with Crippen molar-refractivity contribution in [2.24, 2.45) is 0 Å². The van der Waals surface area contributed by atoms with Crippen molar-refractivity contribution in [2.75, 3.05) is 13.3 Å². The molecule has 0 fully saturated rings. The summed E-state index contributed by atoms with van der Waals surface area (Å²) in [6.45, 7) is 0.123. The molecule has 1 amide bonds. The summed E-state index contributed by atoms with van der Waals surface area (Å²) in [4.78, 5) is 24.7. The number of carboxylic acid groups (broad SMARTS) is 1. The van der Waals surface area contributed by atoms with Crippen LogP contribution in [0, 0.1) is 5.82 Å². The van der Waals surface area contributed by atoms with Crippen LogP contribution in [0.1, 0.15) is 28.8 Å². The number of hydrogen-bond donors (Lipinski definition) is 3. The van der Waals surface area contributed by atoms with E-state index in [4.69, 9.17) is 5.11 Å². The van der Waals surface area contributed by atoms with E-state index in [-0.39, 0.29) is 36.4 Å². The highest BCUT2D eigenvalue weighted by Gasteiger charge is 2.24. The van der Waals surface area contributed by atoms with Gasteiger partial charge in [0.25, 0.3) is 5.91 Å². The molecule has 0 aliphatic carbocycles. The van der Waals surface area contributed by atoms with Gasteiger partial charge in [-0.15, -0.1) is 0 Å². The van der Waals surface area contributed by atoms with Gasteiger partial charge in [0.15, 0.2) is 5.75 Å². The molecule has 152 valence electrons. The van der Waals surface area contributed by atoms with Gasteiger partial charge in [0, 0.05) is 43.9 Å². The number of aryl methyl sites for hydroxylation is 1. The molecule has 8 nitrogen and oxygen atoms in total. The van der Waals surface area contributed by atoms with Crippen LogP contribution in [0.3, 0.4) is 0 Å². The van der Waals surface area contributed by atoms with Gasteiger partial charge in [0.05, 0.1) is 10.8 Å². The van der Waals surface area contributed by atoms with Gasteiger partial charge in [-0.1, -0.05) is 6.07 Å². The number of halogens is 1. The lowest BCUT2D eigenvalue weighted by molar-refractivity contribution is -0.137. The minimum absolute atomic E-state index is 0.0123. The Morgan fingerprint density at radius 2 is 1.96 bits per heavy atom. The van der Waals surface area contributed by atoms with Crippen molar-refractivity contribution in [3.05, 3.63) is 41.3 Å². The molecule has 2 rings (SSSR count). The minimum Gasteiger partial charge on any atom is -0.503 e. The fraction of sp³-hybridized carbons (Fsp3) is 0.333. The monoisotopic (exact) mass is 412 g/mol. The number of aromatic nitrogens is 1. The molecule has 28 heavy (non-hydrogen) atoms. The Bertz CT molecular complexity index is 927. The maximum atomic E-state index is 13.4. The van der Waals surface area contributed by atoms with Crippen molar-refractivity contribution in [2.45, 2.75) is 30.8 Å². The Hall–Kier alpha value is -2.88. The van der Waals surface area contributed by atoms with E-state index in [0.29, 0.717) is 5.56 Å². The molecule has 3 N–H and O–H groups in total. The highest BCUT2D eigenvalue weighted by molar-refractivity contribution is 7.84. The van der Waals surface area contributed by atoms with Crippen molar-refractivity contribution in [1.82, 2.24) is 9.47 Å². The van der Waals surface area contributed by atoms with Gasteiger partial charge in [0.2, 0.25) is 5.88 Å². The third-order valence-electron chi connectivity index (χ3n) is 4.14. The highest BCUT2D eigenvalue weighted by atomic mass is 32.2. The summed E-state index contributed by atoms with van der Waals surface area (Å²) in [6.07, 6.45) is 2.74. The normalized spacial score (nSPS) is 12.0. The zero-order valence-corrected chi connectivity index (χ0v) is 16.2. The zero-order valence-electron chi connectivity index (χ0n) is 15.4. The summed E-state index contributed by atoms with van der Waals surface area (Å²) >= 11 is 0. The number of carboxylic acids is 1. The van der Waals surface area contributed by atoms with E-state index >= 15 is 0 Å². The summed E-state index contributed by atoms with van der Waals surface area (Å²) in [5.41, 5.74) is 0.333. The second-order valence-electron chi connectivity index (χ2n) is 6.27. The average molecular weight is 412 g/mol. The standard InChI is InChI=1S/C18H21FN2O6S/c1-20(9-11-5-6-12(19)8-14(11)28(2)27)17(25)13-10-21(18(26)16(13)24)7-3-4-15(22)23/h5-6,8,10,24,26H,3-4,7,9H2,1-2H3,(H,22,23). The van der Waals surface area contributed by atoms with Crippen LogP contribution >= 0.6 is 0 Å². The maximum absolute atomic E-state index is 13.4. The molecule has 0 saturated heterocycles. The maximum Gasteiger partial charge on any atom is 0.303 e. The van der Waals surface area contributed by atoms with Crippen molar-refractivity contribution >= 4 is 22.7 Å². The van der Waals surface area contributed by atoms with Crippen LogP contribution in [-0.2, 0) is 28.7 Å². The molecule has 0 radical (unpaired) electrons. The van der Waals surface area contributed by atoms with Gasteiger partial charge >= 0.3 is 5.97 Å². The summed E-state index contributed by atoms with van der Waals surface area (Å²) in [5, 5.41) is 28.7. The summed E-state index contributed by atoms with van der Waals surface area (Å²) in [5.74, 6) is -3.27. The fourth-order valence-electron chi connectivity index (χ4n) is 2.72. The molecule has 1 heterocycles. The van der Waals surface area contributed by atoms with Gasteiger partial charge in [0.1, 0.15) is 11.4 Å². The molecule has 0 aliphatic rings. The number of rotatable bonds is 8. The van der Waals surface area contributed by atoms with Gasteiger partial charge < -0.3 is 24.8 Å². The Morgan fingerprint density at radius 1 is 1.29 bits per heavy atom. The van der Waals surface area contributed by atoms with Crippen LogP contribution in [-0.4, -0.2) is 54.2 Å². The van der Waals surface area contributed by atoms with E-state index in [9.17, 15) is 28.4 Å². The molecule has 0 saturated carbocycles.